The Bertz CT molecular complexity index is 1570. The summed E-state index contributed by atoms with van der Waals surface area (Å²) in [6.45, 7) is 4.70. The largest absolute Gasteiger partial charge is 0.493 e. The van der Waals surface area contributed by atoms with Crippen molar-refractivity contribution in [2.24, 2.45) is 0 Å². The summed E-state index contributed by atoms with van der Waals surface area (Å²) in [5, 5.41) is 43.0. The van der Waals surface area contributed by atoms with Gasteiger partial charge in [0.1, 0.15) is 5.82 Å². The molecule has 0 bridgehead atoms. The molecule has 3 heterocycles. The number of piperidine rings is 1. The summed E-state index contributed by atoms with van der Waals surface area (Å²) in [7, 11) is 1.44. The third-order valence-corrected chi connectivity index (χ3v) is 8.32. The number of rotatable bonds is 15. The van der Waals surface area contributed by atoms with Gasteiger partial charge in [0.15, 0.2) is 17.5 Å². The average molecular weight is 641 g/mol. The lowest BCUT2D eigenvalue weighted by Gasteiger charge is -2.32. The van der Waals surface area contributed by atoms with E-state index in [1.807, 2.05) is 0 Å². The molecule has 1 aliphatic rings. The van der Waals surface area contributed by atoms with Crippen molar-refractivity contribution in [1.29, 1.82) is 0 Å². The number of hydrogen-bond donors (Lipinski definition) is 5. The number of aliphatic hydroxyl groups is 1. The van der Waals surface area contributed by atoms with Crippen LogP contribution in [0.3, 0.4) is 0 Å². The molecule has 1 fully saturated rings. The number of likely N-dealkylation sites (tertiary alicyclic amines) is 1. The number of nitrogens with zero attached hydrogens (tertiary/aromatic N) is 3. The highest BCUT2D eigenvalue weighted by atomic mass is 16.6. The molecule has 0 spiro atoms. The van der Waals surface area contributed by atoms with Gasteiger partial charge < -0.3 is 39.4 Å². The van der Waals surface area contributed by atoms with E-state index < -0.39 is 42.1 Å². The molecular formula is C32H40N4O10. The van der Waals surface area contributed by atoms with Gasteiger partial charge in [0.05, 0.1) is 24.6 Å². The number of carboxylic acids is 3. The number of fused-ring (bicyclic) bond motifs is 1. The maximum Gasteiger partial charge on any atom is 0.418 e. The van der Waals surface area contributed by atoms with Gasteiger partial charge in [-0.15, -0.1) is 0 Å². The second kappa shape index (κ2) is 15.1. The second-order valence-electron chi connectivity index (χ2n) is 11.4. The lowest BCUT2D eigenvalue weighted by molar-refractivity contribution is -0.177. The van der Waals surface area contributed by atoms with Crippen LogP contribution in [0.25, 0.3) is 11.0 Å². The van der Waals surface area contributed by atoms with Gasteiger partial charge in [-0.05, 0) is 74.6 Å². The van der Waals surface area contributed by atoms with Crippen molar-refractivity contribution in [3.05, 3.63) is 48.2 Å². The molecule has 1 saturated heterocycles. The molecule has 14 heteroatoms. The van der Waals surface area contributed by atoms with Crippen LogP contribution in [0.5, 0.6) is 11.5 Å². The maximum atomic E-state index is 12.8. The van der Waals surface area contributed by atoms with Crippen molar-refractivity contribution in [2.45, 2.75) is 69.4 Å². The first-order valence-corrected chi connectivity index (χ1v) is 15.2. The molecule has 4 rings (SSSR count). The second-order valence-corrected chi connectivity index (χ2v) is 11.4. The molecule has 248 valence electrons. The van der Waals surface area contributed by atoms with Gasteiger partial charge in [0.2, 0.25) is 5.60 Å². The quantitative estimate of drug-likeness (QED) is 0.147. The van der Waals surface area contributed by atoms with E-state index >= 15 is 0 Å². The Balaban J connectivity index is 1.71. The van der Waals surface area contributed by atoms with Crippen molar-refractivity contribution in [3.8, 4) is 11.5 Å². The number of hydrogen-bond acceptors (Lipinski definition) is 9. The molecule has 14 nitrogen and oxygen atoms in total. The number of pyridine rings is 1. The van der Waals surface area contributed by atoms with Crippen molar-refractivity contribution in [3.63, 3.8) is 0 Å². The van der Waals surface area contributed by atoms with Crippen LogP contribution < -0.4 is 14.8 Å². The maximum absolute atomic E-state index is 12.8. The highest BCUT2D eigenvalue weighted by molar-refractivity contribution is 5.93. The average Bonchev–Trinajstić information content (AvgIpc) is 3.37. The number of nitrogens with one attached hydrogen (secondary N) is 1. The smallest absolute Gasteiger partial charge is 0.418 e. The summed E-state index contributed by atoms with van der Waals surface area (Å²) in [5.74, 6) is -4.93. The predicted molar refractivity (Wildman–Crippen MR) is 166 cm³/mol. The zero-order valence-electron chi connectivity index (χ0n) is 25.8. The molecule has 0 radical (unpaired) electrons. The van der Waals surface area contributed by atoms with Crippen LogP contribution in [0.1, 0.15) is 69.4 Å². The summed E-state index contributed by atoms with van der Waals surface area (Å²) in [5.41, 5.74) is -2.15. The summed E-state index contributed by atoms with van der Waals surface area (Å²) in [6.07, 6.45) is 5.21. The van der Waals surface area contributed by atoms with Gasteiger partial charge in [0.25, 0.3) is 0 Å². The standard InChI is InChI=1S/C32H40N4O10/c1-3-4-5-8-15-35-16-13-20(14-17-35)21-19-36(28(29(39)40)32(44,30(41)42)18-26(37)38)22-11-12-25(33-27(21)22)34-31(43)46-24-10-7-6-9-23(24)45-2/h6-7,9-12,19-20,28,44H,3-5,8,13-18H2,1-2H3,(H,37,38)(H,39,40)(H,41,42)(H,33,34,43). The molecular weight excluding hydrogens is 600 g/mol. The third-order valence-electron chi connectivity index (χ3n) is 8.32. The fourth-order valence-corrected chi connectivity index (χ4v) is 5.97. The van der Waals surface area contributed by atoms with Crippen molar-refractivity contribution in [1.82, 2.24) is 14.5 Å². The van der Waals surface area contributed by atoms with E-state index in [-0.39, 0.29) is 28.5 Å². The third kappa shape index (κ3) is 7.74. The lowest BCUT2D eigenvalue weighted by atomic mass is 9.89. The van der Waals surface area contributed by atoms with E-state index in [2.05, 4.69) is 22.1 Å². The molecule has 5 N–H and O–H groups in total. The number of carboxylic acid groups (broad SMARTS) is 3. The molecule has 2 aromatic heterocycles. The lowest BCUT2D eigenvalue weighted by Crippen LogP contribution is -2.51. The first-order valence-electron chi connectivity index (χ1n) is 15.2. The van der Waals surface area contributed by atoms with Crippen LogP contribution in [-0.2, 0) is 14.4 Å². The minimum Gasteiger partial charge on any atom is -0.493 e. The minimum atomic E-state index is -3.18. The zero-order valence-corrected chi connectivity index (χ0v) is 25.8. The van der Waals surface area contributed by atoms with Gasteiger partial charge in [-0.3, -0.25) is 10.1 Å². The Morgan fingerprint density at radius 1 is 1.02 bits per heavy atom. The molecule has 46 heavy (non-hydrogen) atoms. The molecule has 2 atom stereocenters. The van der Waals surface area contributed by atoms with Gasteiger partial charge in [0, 0.05) is 6.20 Å². The Labute approximate surface area is 265 Å². The Morgan fingerprint density at radius 3 is 2.33 bits per heavy atom. The normalized spacial score (nSPS) is 16.0. The SMILES string of the molecule is CCCCCCN1CCC(c2cn(C(C(=O)O)C(O)(CC(=O)O)C(=O)O)c3ccc(NC(=O)Oc4ccccc4OC)nc23)CC1. The summed E-state index contributed by atoms with van der Waals surface area (Å²) in [6, 6.07) is 7.17. The highest BCUT2D eigenvalue weighted by Crippen LogP contribution is 2.39. The monoisotopic (exact) mass is 640 g/mol. The van der Waals surface area contributed by atoms with E-state index in [0.29, 0.717) is 24.2 Å². The van der Waals surface area contributed by atoms with Crippen LogP contribution in [0.15, 0.2) is 42.6 Å². The van der Waals surface area contributed by atoms with Crippen molar-refractivity contribution in [2.75, 3.05) is 32.1 Å². The fraction of sp³-hybridized carbons (Fsp3) is 0.469. The van der Waals surface area contributed by atoms with Gasteiger partial charge in [-0.2, -0.15) is 0 Å². The number of anilines is 1. The van der Waals surface area contributed by atoms with E-state index in [4.69, 9.17) is 9.47 Å². The predicted octanol–water partition coefficient (Wildman–Crippen LogP) is 4.33. The van der Waals surface area contributed by atoms with Crippen molar-refractivity contribution < 1.29 is 49.1 Å². The van der Waals surface area contributed by atoms with Crippen LogP contribution >= 0.6 is 0 Å². The van der Waals surface area contributed by atoms with Crippen LogP contribution in [0, 0.1) is 0 Å². The first kappa shape index (κ1) is 34.2. The number of amides is 1. The highest BCUT2D eigenvalue weighted by Gasteiger charge is 2.52. The summed E-state index contributed by atoms with van der Waals surface area (Å²) >= 11 is 0. The Morgan fingerprint density at radius 2 is 1.72 bits per heavy atom. The number of ether oxygens (including phenoxy) is 2. The Hall–Kier alpha value is -4.69. The van der Waals surface area contributed by atoms with Crippen LogP contribution in [-0.4, -0.2) is 91.2 Å². The number of methoxy groups -OCH3 is 1. The van der Waals surface area contributed by atoms with E-state index in [9.17, 15) is 39.6 Å². The topological polar surface area (TPSA) is 201 Å². The summed E-state index contributed by atoms with van der Waals surface area (Å²) in [4.78, 5) is 56.0. The van der Waals surface area contributed by atoms with Crippen LogP contribution in [0.4, 0.5) is 10.6 Å². The van der Waals surface area contributed by atoms with E-state index in [1.165, 1.54) is 31.9 Å². The molecule has 1 aliphatic heterocycles. The Kier molecular flexibility index (Phi) is 11.2. The first-order chi connectivity index (χ1) is 22.0. The molecule has 1 aromatic carbocycles. The molecule has 2 unspecified atom stereocenters. The fourth-order valence-electron chi connectivity index (χ4n) is 5.97. The van der Waals surface area contributed by atoms with Gasteiger partial charge in [-0.1, -0.05) is 38.3 Å². The number of carbonyl (C=O) groups excluding carboxylic acids is 1. The van der Waals surface area contributed by atoms with Gasteiger partial charge >= 0.3 is 24.0 Å². The zero-order chi connectivity index (χ0) is 33.4. The molecule has 1 amide bonds. The number of carbonyl (C=O) groups is 4. The summed E-state index contributed by atoms with van der Waals surface area (Å²) < 4.78 is 11.7. The number of benzene rings is 1. The number of aliphatic carboxylic acids is 3. The number of para-hydroxylation sites is 2. The van der Waals surface area contributed by atoms with Gasteiger partial charge in [-0.25, -0.2) is 19.4 Å². The molecule has 0 aliphatic carbocycles. The van der Waals surface area contributed by atoms with E-state index in [1.54, 1.807) is 24.3 Å². The van der Waals surface area contributed by atoms with Crippen LogP contribution in [0.2, 0.25) is 0 Å². The molecule has 3 aromatic rings. The number of aromatic nitrogens is 2. The minimum absolute atomic E-state index is 0.0747. The van der Waals surface area contributed by atoms with Crippen molar-refractivity contribution >= 4 is 40.9 Å². The number of unbranched alkanes of at least 4 members (excludes halogenated alkanes) is 3. The molecule has 0 saturated carbocycles. The van der Waals surface area contributed by atoms with E-state index in [0.717, 1.165) is 43.5 Å².